The van der Waals surface area contributed by atoms with Crippen molar-refractivity contribution < 1.29 is 4.42 Å². The second kappa shape index (κ2) is 5.53. The molecule has 21 heavy (non-hydrogen) atoms. The Kier molecular flexibility index (Phi) is 3.57. The van der Waals surface area contributed by atoms with Gasteiger partial charge in [0.15, 0.2) is 5.65 Å². The summed E-state index contributed by atoms with van der Waals surface area (Å²) in [4.78, 5) is 16.5. The Morgan fingerprint density at radius 1 is 1.48 bits per heavy atom. The van der Waals surface area contributed by atoms with Gasteiger partial charge >= 0.3 is 0 Å². The number of furan rings is 1. The Morgan fingerprint density at radius 2 is 2.33 bits per heavy atom. The molecule has 7 nitrogen and oxygen atoms in total. The number of aromatic nitrogens is 4. The Hall–Kier alpha value is -2.41. The Balaban J connectivity index is 1.68. The highest BCUT2D eigenvalue weighted by atomic mass is 16.3. The third kappa shape index (κ3) is 2.59. The summed E-state index contributed by atoms with van der Waals surface area (Å²) in [7, 11) is 1.77. The first kappa shape index (κ1) is 13.6. The molecule has 0 amide bonds. The summed E-state index contributed by atoms with van der Waals surface area (Å²) in [5, 5.41) is 7.91. The van der Waals surface area contributed by atoms with Crippen molar-refractivity contribution in [1.82, 2.24) is 24.6 Å². The van der Waals surface area contributed by atoms with E-state index in [1.165, 1.54) is 0 Å². The van der Waals surface area contributed by atoms with Crippen LogP contribution in [0.5, 0.6) is 0 Å². The highest BCUT2D eigenvalue weighted by Crippen LogP contribution is 2.11. The zero-order valence-corrected chi connectivity index (χ0v) is 12.0. The molecule has 3 aromatic heterocycles. The molecule has 0 spiro atoms. The van der Waals surface area contributed by atoms with Gasteiger partial charge in [-0.15, -0.1) is 0 Å². The molecule has 0 aliphatic rings. The van der Waals surface area contributed by atoms with E-state index < -0.39 is 0 Å². The van der Waals surface area contributed by atoms with Crippen LogP contribution in [0.2, 0.25) is 0 Å². The first-order valence-corrected chi connectivity index (χ1v) is 6.81. The molecule has 3 aromatic rings. The standard InChI is InChI=1S/C14H17N5O2/c1-10(12-4-3-7-21-12)15-5-6-19-9-16-13-11(14(19)20)8-17-18(13)2/h3-4,7-10,15H,5-6H2,1-2H3. The lowest BCUT2D eigenvalue weighted by Gasteiger charge is -2.12. The lowest BCUT2D eigenvalue weighted by atomic mass is 10.2. The van der Waals surface area contributed by atoms with Crippen molar-refractivity contribution in [3.05, 3.63) is 47.0 Å². The third-order valence-electron chi connectivity index (χ3n) is 3.49. The molecule has 0 saturated heterocycles. The molecule has 0 radical (unpaired) electrons. The summed E-state index contributed by atoms with van der Waals surface area (Å²) in [6, 6.07) is 3.89. The molecule has 0 aliphatic heterocycles. The van der Waals surface area contributed by atoms with Crippen LogP contribution in [0.15, 0.2) is 40.1 Å². The molecule has 7 heteroatoms. The molecule has 110 valence electrons. The highest BCUT2D eigenvalue weighted by Gasteiger charge is 2.09. The summed E-state index contributed by atoms with van der Waals surface area (Å²) in [5.74, 6) is 0.878. The van der Waals surface area contributed by atoms with E-state index in [9.17, 15) is 4.79 Å². The summed E-state index contributed by atoms with van der Waals surface area (Å²) in [6.45, 7) is 3.21. The maximum absolute atomic E-state index is 12.3. The average Bonchev–Trinajstić information content (AvgIpc) is 3.12. The van der Waals surface area contributed by atoms with Gasteiger partial charge in [-0.3, -0.25) is 14.0 Å². The van der Waals surface area contributed by atoms with Gasteiger partial charge in [-0.1, -0.05) is 0 Å². The number of hydrogen-bond donors (Lipinski definition) is 1. The number of hydrogen-bond acceptors (Lipinski definition) is 5. The molecule has 0 aromatic carbocycles. The van der Waals surface area contributed by atoms with Gasteiger partial charge in [-0.25, -0.2) is 4.98 Å². The van der Waals surface area contributed by atoms with E-state index >= 15 is 0 Å². The molecule has 1 atom stereocenters. The minimum absolute atomic E-state index is 0.0689. The summed E-state index contributed by atoms with van der Waals surface area (Å²) < 4.78 is 8.51. The summed E-state index contributed by atoms with van der Waals surface area (Å²) in [6.07, 6.45) is 4.77. The van der Waals surface area contributed by atoms with Crippen molar-refractivity contribution in [2.24, 2.45) is 7.05 Å². The van der Waals surface area contributed by atoms with Crippen molar-refractivity contribution in [2.75, 3.05) is 6.54 Å². The van der Waals surface area contributed by atoms with E-state index in [4.69, 9.17) is 4.42 Å². The van der Waals surface area contributed by atoms with E-state index in [-0.39, 0.29) is 11.6 Å². The van der Waals surface area contributed by atoms with Crippen LogP contribution in [-0.2, 0) is 13.6 Å². The second-order valence-electron chi connectivity index (χ2n) is 4.94. The number of fused-ring (bicyclic) bond motifs is 1. The van der Waals surface area contributed by atoms with Crippen molar-refractivity contribution >= 4 is 11.0 Å². The number of nitrogens with zero attached hydrogens (tertiary/aromatic N) is 4. The van der Waals surface area contributed by atoms with Crippen LogP contribution in [0.4, 0.5) is 0 Å². The SMILES string of the molecule is CC(NCCn1cnc2c(cnn2C)c1=O)c1ccco1. The van der Waals surface area contributed by atoms with Crippen molar-refractivity contribution in [1.29, 1.82) is 0 Å². The van der Waals surface area contributed by atoms with Gasteiger partial charge < -0.3 is 9.73 Å². The predicted octanol–water partition coefficient (Wildman–Crippen LogP) is 1.07. The number of aryl methyl sites for hydroxylation is 1. The first-order chi connectivity index (χ1) is 10.2. The smallest absolute Gasteiger partial charge is 0.264 e. The maximum Gasteiger partial charge on any atom is 0.264 e. The molecule has 0 fully saturated rings. The zero-order valence-electron chi connectivity index (χ0n) is 12.0. The van der Waals surface area contributed by atoms with Crippen LogP contribution >= 0.6 is 0 Å². The van der Waals surface area contributed by atoms with E-state index in [0.717, 1.165) is 5.76 Å². The molecule has 3 rings (SSSR count). The Labute approximate surface area is 121 Å². The molecule has 0 bridgehead atoms. The van der Waals surface area contributed by atoms with Crippen LogP contribution in [-0.4, -0.2) is 25.9 Å². The quantitative estimate of drug-likeness (QED) is 0.759. The Bertz CT molecular complexity index is 787. The fraction of sp³-hybridized carbons (Fsp3) is 0.357. The minimum atomic E-state index is -0.0689. The first-order valence-electron chi connectivity index (χ1n) is 6.81. The zero-order chi connectivity index (χ0) is 14.8. The van der Waals surface area contributed by atoms with Crippen LogP contribution in [0.3, 0.4) is 0 Å². The molecule has 0 saturated carbocycles. The van der Waals surface area contributed by atoms with Crippen LogP contribution in [0, 0.1) is 0 Å². The largest absolute Gasteiger partial charge is 0.468 e. The van der Waals surface area contributed by atoms with Crippen LogP contribution in [0.25, 0.3) is 11.0 Å². The van der Waals surface area contributed by atoms with Gasteiger partial charge in [0.25, 0.3) is 5.56 Å². The van der Waals surface area contributed by atoms with Gasteiger partial charge in [0.1, 0.15) is 17.5 Å². The summed E-state index contributed by atoms with van der Waals surface area (Å²) >= 11 is 0. The van der Waals surface area contributed by atoms with Gasteiger partial charge in [-0.2, -0.15) is 5.10 Å². The molecular weight excluding hydrogens is 270 g/mol. The lowest BCUT2D eigenvalue weighted by molar-refractivity contribution is 0.422. The van der Waals surface area contributed by atoms with Crippen LogP contribution < -0.4 is 10.9 Å². The van der Waals surface area contributed by atoms with Crippen molar-refractivity contribution in [3.63, 3.8) is 0 Å². The van der Waals surface area contributed by atoms with Crippen molar-refractivity contribution in [2.45, 2.75) is 19.5 Å². The van der Waals surface area contributed by atoms with E-state index in [1.807, 2.05) is 19.1 Å². The molecular formula is C14H17N5O2. The van der Waals surface area contributed by atoms with Gasteiger partial charge in [-0.05, 0) is 19.1 Å². The van der Waals surface area contributed by atoms with E-state index in [0.29, 0.717) is 24.1 Å². The van der Waals surface area contributed by atoms with E-state index in [1.54, 1.807) is 35.1 Å². The van der Waals surface area contributed by atoms with Gasteiger partial charge in [0, 0.05) is 20.1 Å². The number of nitrogens with one attached hydrogen (secondary N) is 1. The van der Waals surface area contributed by atoms with Gasteiger partial charge in [0.2, 0.25) is 0 Å². The topological polar surface area (TPSA) is 77.9 Å². The third-order valence-corrected chi connectivity index (χ3v) is 3.49. The number of rotatable bonds is 5. The lowest BCUT2D eigenvalue weighted by Crippen LogP contribution is -2.28. The fourth-order valence-corrected chi connectivity index (χ4v) is 2.27. The van der Waals surface area contributed by atoms with Gasteiger partial charge in [0.05, 0.1) is 18.5 Å². The predicted molar refractivity (Wildman–Crippen MR) is 77.9 cm³/mol. The maximum atomic E-state index is 12.3. The fourth-order valence-electron chi connectivity index (χ4n) is 2.27. The molecule has 3 heterocycles. The van der Waals surface area contributed by atoms with Crippen molar-refractivity contribution in [3.8, 4) is 0 Å². The highest BCUT2D eigenvalue weighted by molar-refractivity contribution is 5.72. The second-order valence-corrected chi connectivity index (χ2v) is 4.94. The normalized spacial score (nSPS) is 12.9. The minimum Gasteiger partial charge on any atom is -0.468 e. The summed E-state index contributed by atoms with van der Waals surface area (Å²) in [5.41, 5.74) is 0.536. The average molecular weight is 287 g/mol. The molecule has 0 aliphatic carbocycles. The Morgan fingerprint density at radius 3 is 3.10 bits per heavy atom. The van der Waals surface area contributed by atoms with Crippen LogP contribution in [0.1, 0.15) is 18.7 Å². The molecule has 1 N–H and O–H groups in total. The monoisotopic (exact) mass is 287 g/mol. The van der Waals surface area contributed by atoms with E-state index in [2.05, 4.69) is 15.4 Å². The molecule has 1 unspecified atom stereocenters.